The van der Waals surface area contributed by atoms with E-state index < -0.39 is 5.97 Å². The van der Waals surface area contributed by atoms with E-state index in [0.717, 1.165) is 4.88 Å². The van der Waals surface area contributed by atoms with Crippen LogP contribution < -0.4 is 10.1 Å². The van der Waals surface area contributed by atoms with Crippen LogP contribution in [-0.2, 0) is 11.2 Å². The number of esters is 1. The number of halogens is 1. The van der Waals surface area contributed by atoms with Gasteiger partial charge in [-0.25, -0.2) is 0 Å². The Labute approximate surface area is 186 Å². The summed E-state index contributed by atoms with van der Waals surface area (Å²) in [5.74, 6) is 0.497. The third kappa shape index (κ3) is 5.36. The van der Waals surface area contributed by atoms with E-state index in [-0.39, 0.29) is 18.7 Å². The Morgan fingerprint density at radius 3 is 2.61 bits per heavy atom. The number of carbonyl (C=O) groups excluding carboxylic acids is 2. The average Bonchev–Trinajstić information content (AvgIpc) is 3.46. The van der Waals surface area contributed by atoms with Gasteiger partial charge in [0.1, 0.15) is 5.75 Å². The summed E-state index contributed by atoms with van der Waals surface area (Å²) in [5, 5.41) is 8.96. The summed E-state index contributed by atoms with van der Waals surface area (Å²) < 4.78 is 10.5. The van der Waals surface area contributed by atoms with Crippen molar-refractivity contribution >= 4 is 40.5 Å². The van der Waals surface area contributed by atoms with E-state index in [4.69, 9.17) is 20.9 Å². The quantitative estimate of drug-likeness (QED) is 0.303. The van der Waals surface area contributed by atoms with Gasteiger partial charge in [0.05, 0.1) is 21.9 Å². The van der Waals surface area contributed by atoms with E-state index in [0.29, 0.717) is 33.7 Å². The number of anilines is 1. The van der Waals surface area contributed by atoms with Crippen LogP contribution in [0.1, 0.15) is 22.7 Å². The molecule has 2 aromatic heterocycles. The number of hydrogen-bond donors (Lipinski definition) is 1. The van der Waals surface area contributed by atoms with Crippen molar-refractivity contribution in [2.45, 2.75) is 12.8 Å². The summed E-state index contributed by atoms with van der Waals surface area (Å²) in [7, 11) is 0. The first-order chi connectivity index (χ1) is 15.1. The Balaban J connectivity index is 1.28. The van der Waals surface area contributed by atoms with Crippen molar-refractivity contribution in [3.63, 3.8) is 0 Å². The minimum Gasteiger partial charge on any atom is -0.427 e. The van der Waals surface area contributed by atoms with Gasteiger partial charge in [-0.3, -0.25) is 9.59 Å². The van der Waals surface area contributed by atoms with Crippen molar-refractivity contribution in [3.8, 4) is 16.5 Å². The normalized spacial score (nSPS) is 10.6. The second-order valence-corrected chi connectivity index (χ2v) is 7.78. The molecule has 2 heterocycles. The molecule has 2 aromatic carbocycles. The number of thiophene rings is 1. The maximum Gasteiger partial charge on any atom is 0.311 e. The molecule has 1 amide bonds. The van der Waals surface area contributed by atoms with Crippen LogP contribution in [0.15, 0.2) is 70.6 Å². The fourth-order valence-corrected chi connectivity index (χ4v) is 3.57. The predicted molar refractivity (Wildman–Crippen MR) is 117 cm³/mol. The number of ether oxygens (including phenoxy) is 1. The van der Waals surface area contributed by atoms with Crippen molar-refractivity contribution in [2.75, 3.05) is 5.32 Å². The van der Waals surface area contributed by atoms with Gasteiger partial charge in [-0.05, 0) is 47.8 Å². The number of carbonyl (C=O) groups is 2. The highest BCUT2D eigenvalue weighted by molar-refractivity contribution is 7.13. The number of amides is 1. The van der Waals surface area contributed by atoms with Gasteiger partial charge in [-0.1, -0.05) is 35.0 Å². The van der Waals surface area contributed by atoms with Gasteiger partial charge in [0.25, 0.3) is 5.91 Å². The first-order valence-electron chi connectivity index (χ1n) is 9.31. The number of rotatable bonds is 7. The van der Waals surface area contributed by atoms with Crippen molar-refractivity contribution in [3.05, 3.63) is 82.5 Å². The largest absolute Gasteiger partial charge is 0.427 e. The SMILES string of the molecule is O=C(CCc1nc(-c2cccs2)no1)Oc1ccc(NC(=O)c2ccccc2Cl)cc1. The Morgan fingerprint density at radius 1 is 1.06 bits per heavy atom. The van der Waals surface area contributed by atoms with Crippen LogP contribution in [0.25, 0.3) is 10.7 Å². The summed E-state index contributed by atoms with van der Waals surface area (Å²) >= 11 is 7.55. The zero-order chi connectivity index (χ0) is 21.6. The van der Waals surface area contributed by atoms with Crippen LogP contribution in [0, 0.1) is 0 Å². The van der Waals surface area contributed by atoms with Gasteiger partial charge in [0.15, 0.2) is 0 Å². The number of nitrogens with zero attached hydrogens (tertiary/aromatic N) is 2. The lowest BCUT2D eigenvalue weighted by Crippen LogP contribution is -2.12. The van der Waals surface area contributed by atoms with Gasteiger partial charge in [-0.2, -0.15) is 4.98 Å². The molecule has 7 nitrogen and oxygen atoms in total. The zero-order valence-electron chi connectivity index (χ0n) is 16.1. The summed E-state index contributed by atoms with van der Waals surface area (Å²) in [6.07, 6.45) is 0.375. The minimum atomic E-state index is -0.427. The molecule has 1 N–H and O–H groups in total. The van der Waals surface area contributed by atoms with Gasteiger partial charge in [0, 0.05) is 12.1 Å². The lowest BCUT2D eigenvalue weighted by Gasteiger charge is -2.08. The van der Waals surface area contributed by atoms with E-state index in [2.05, 4.69) is 15.5 Å². The summed E-state index contributed by atoms with van der Waals surface area (Å²) in [5.41, 5.74) is 0.930. The number of hydrogen-bond acceptors (Lipinski definition) is 7. The van der Waals surface area contributed by atoms with Crippen molar-refractivity contribution in [2.24, 2.45) is 0 Å². The molecule has 4 aromatic rings. The standard InChI is InChI=1S/C22H16ClN3O4S/c23-17-5-2-1-4-16(17)22(28)24-14-7-9-15(10-8-14)29-20(27)12-11-19-25-21(26-30-19)18-6-3-13-31-18/h1-10,13H,11-12H2,(H,24,28). The van der Waals surface area contributed by atoms with Crippen molar-refractivity contribution in [1.82, 2.24) is 10.1 Å². The molecule has 0 fully saturated rings. The molecule has 0 unspecified atom stereocenters. The molecule has 0 aliphatic rings. The molecule has 0 aliphatic carbocycles. The number of benzene rings is 2. The van der Waals surface area contributed by atoms with Crippen LogP contribution in [-0.4, -0.2) is 22.0 Å². The van der Waals surface area contributed by atoms with Gasteiger partial charge < -0.3 is 14.6 Å². The van der Waals surface area contributed by atoms with E-state index >= 15 is 0 Å². The lowest BCUT2D eigenvalue weighted by atomic mass is 10.2. The minimum absolute atomic E-state index is 0.0943. The van der Waals surface area contributed by atoms with E-state index in [1.54, 1.807) is 48.5 Å². The average molecular weight is 454 g/mol. The van der Waals surface area contributed by atoms with E-state index in [1.165, 1.54) is 11.3 Å². The summed E-state index contributed by atoms with van der Waals surface area (Å²) in [6, 6.07) is 17.1. The third-order valence-corrected chi connectivity index (χ3v) is 5.41. The fraction of sp³-hybridized carbons (Fsp3) is 0.0909. The van der Waals surface area contributed by atoms with Gasteiger partial charge in [0.2, 0.25) is 11.7 Å². The molecule has 9 heteroatoms. The van der Waals surface area contributed by atoms with Crippen LogP contribution in [0.3, 0.4) is 0 Å². The number of aromatic nitrogens is 2. The maximum absolute atomic E-state index is 12.3. The third-order valence-electron chi connectivity index (χ3n) is 4.21. The molecule has 156 valence electrons. The van der Waals surface area contributed by atoms with Crippen LogP contribution in [0.2, 0.25) is 5.02 Å². The first-order valence-corrected chi connectivity index (χ1v) is 10.6. The summed E-state index contributed by atoms with van der Waals surface area (Å²) in [4.78, 5) is 29.6. The molecule has 0 radical (unpaired) electrons. The Hall–Kier alpha value is -3.49. The fourth-order valence-electron chi connectivity index (χ4n) is 2.70. The molecular weight excluding hydrogens is 438 g/mol. The Bertz CT molecular complexity index is 1190. The molecule has 0 saturated heterocycles. The number of aryl methyl sites for hydroxylation is 1. The number of nitrogens with one attached hydrogen (secondary N) is 1. The smallest absolute Gasteiger partial charge is 0.311 e. The van der Waals surface area contributed by atoms with Crippen LogP contribution >= 0.6 is 22.9 Å². The molecule has 0 saturated carbocycles. The first kappa shape index (κ1) is 20.8. The highest BCUT2D eigenvalue weighted by Gasteiger charge is 2.13. The lowest BCUT2D eigenvalue weighted by molar-refractivity contribution is -0.134. The van der Waals surface area contributed by atoms with Crippen molar-refractivity contribution in [1.29, 1.82) is 0 Å². The van der Waals surface area contributed by atoms with E-state index in [9.17, 15) is 9.59 Å². The molecule has 0 spiro atoms. The Kier molecular flexibility index (Phi) is 6.40. The van der Waals surface area contributed by atoms with Crippen LogP contribution in [0.5, 0.6) is 5.75 Å². The topological polar surface area (TPSA) is 94.3 Å². The van der Waals surface area contributed by atoms with Crippen molar-refractivity contribution < 1.29 is 18.8 Å². The van der Waals surface area contributed by atoms with Gasteiger partial charge in [-0.15, -0.1) is 11.3 Å². The molecule has 4 rings (SSSR count). The van der Waals surface area contributed by atoms with Crippen LogP contribution in [0.4, 0.5) is 5.69 Å². The highest BCUT2D eigenvalue weighted by Crippen LogP contribution is 2.22. The maximum atomic E-state index is 12.3. The molecular formula is C22H16ClN3O4S. The molecule has 31 heavy (non-hydrogen) atoms. The monoisotopic (exact) mass is 453 g/mol. The Morgan fingerprint density at radius 2 is 1.87 bits per heavy atom. The predicted octanol–water partition coefficient (Wildman–Crippen LogP) is 5.24. The molecule has 0 bridgehead atoms. The highest BCUT2D eigenvalue weighted by atomic mass is 35.5. The second-order valence-electron chi connectivity index (χ2n) is 6.42. The molecule has 0 aliphatic heterocycles. The summed E-state index contributed by atoms with van der Waals surface area (Å²) in [6.45, 7) is 0. The second kappa shape index (κ2) is 9.55. The molecule has 0 atom stereocenters. The van der Waals surface area contributed by atoms with E-state index in [1.807, 2.05) is 17.5 Å². The zero-order valence-corrected chi connectivity index (χ0v) is 17.7. The van der Waals surface area contributed by atoms with Gasteiger partial charge >= 0.3 is 5.97 Å².